The summed E-state index contributed by atoms with van der Waals surface area (Å²) >= 11 is 6.04. The molecule has 3 rings (SSSR count). The van der Waals surface area contributed by atoms with E-state index in [9.17, 15) is 0 Å². The summed E-state index contributed by atoms with van der Waals surface area (Å²) in [6.07, 6.45) is 3.71. The van der Waals surface area contributed by atoms with Crippen LogP contribution in [0.2, 0.25) is 5.02 Å². The van der Waals surface area contributed by atoms with Gasteiger partial charge in [-0.1, -0.05) is 23.7 Å². The van der Waals surface area contributed by atoms with Crippen molar-refractivity contribution in [2.75, 3.05) is 39.3 Å². The van der Waals surface area contributed by atoms with Gasteiger partial charge < -0.3 is 15.4 Å². The molecule has 0 radical (unpaired) electrons. The van der Waals surface area contributed by atoms with Gasteiger partial charge in [-0.2, -0.15) is 0 Å². The molecular formula is C19H30ClIN4O. The minimum atomic E-state index is 0. The number of morpholine rings is 1. The molecule has 0 amide bonds. The van der Waals surface area contributed by atoms with Gasteiger partial charge in [0.2, 0.25) is 0 Å². The van der Waals surface area contributed by atoms with E-state index in [4.69, 9.17) is 21.3 Å². The average Bonchev–Trinajstić information content (AvgIpc) is 3.07. The van der Waals surface area contributed by atoms with Crippen LogP contribution in [0.4, 0.5) is 0 Å². The lowest BCUT2D eigenvalue weighted by Gasteiger charge is -2.34. The average molecular weight is 493 g/mol. The first kappa shape index (κ1) is 21.7. The van der Waals surface area contributed by atoms with Crippen LogP contribution in [0.25, 0.3) is 0 Å². The molecule has 0 aliphatic carbocycles. The molecule has 0 spiro atoms. The summed E-state index contributed by atoms with van der Waals surface area (Å²) in [6.45, 7) is 7.55. The van der Waals surface area contributed by atoms with Gasteiger partial charge in [-0.05, 0) is 50.4 Å². The Morgan fingerprint density at radius 2 is 2.27 bits per heavy atom. The third-order valence-corrected chi connectivity index (χ3v) is 5.09. The summed E-state index contributed by atoms with van der Waals surface area (Å²) in [4.78, 5) is 7.28. The van der Waals surface area contributed by atoms with E-state index in [0.717, 1.165) is 43.6 Å². The van der Waals surface area contributed by atoms with Crippen LogP contribution in [0.5, 0.6) is 0 Å². The highest BCUT2D eigenvalue weighted by Crippen LogP contribution is 2.22. The Kier molecular flexibility index (Phi) is 9.45. The Labute approximate surface area is 178 Å². The Morgan fingerprint density at radius 3 is 3.08 bits per heavy atom. The Morgan fingerprint density at radius 1 is 1.38 bits per heavy atom. The molecule has 1 aromatic rings. The van der Waals surface area contributed by atoms with Crippen LogP contribution in [0.1, 0.15) is 25.3 Å². The standard InChI is InChI=1S/C19H29ClN4O.HI/c1-2-21-19(22-9-8-15-5-3-6-16(20)11-15)23-12-18-13-24-10-4-7-17(24)14-25-18;/h3,5-6,11,17-18H,2,4,7-10,12-14H2,1H3,(H2,21,22,23);1H. The molecule has 26 heavy (non-hydrogen) atoms. The van der Waals surface area contributed by atoms with Gasteiger partial charge in [0.05, 0.1) is 19.3 Å². The molecule has 7 heteroatoms. The van der Waals surface area contributed by atoms with E-state index in [1.807, 2.05) is 18.2 Å². The third kappa shape index (κ3) is 6.55. The van der Waals surface area contributed by atoms with Gasteiger partial charge in [-0.15, -0.1) is 24.0 Å². The van der Waals surface area contributed by atoms with Gasteiger partial charge in [0.15, 0.2) is 5.96 Å². The van der Waals surface area contributed by atoms with Gasteiger partial charge in [-0.25, -0.2) is 0 Å². The summed E-state index contributed by atoms with van der Waals surface area (Å²) in [6, 6.07) is 8.64. The Balaban J connectivity index is 0.00000243. The summed E-state index contributed by atoms with van der Waals surface area (Å²) in [7, 11) is 0. The van der Waals surface area contributed by atoms with Crippen molar-refractivity contribution in [1.29, 1.82) is 0 Å². The minimum Gasteiger partial charge on any atom is -0.373 e. The Bertz CT molecular complexity index is 586. The van der Waals surface area contributed by atoms with Crippen LogP contribution in [0, 0.1) is 0 Å². The second-order valence-electron chi connectivity index (χ2n) is 6.77. The number of hydrogen-bond acceptors (Lipinski definition) is 3. The minimum absolute atomic E-state index is 0. The second-order valence-corrected chi connectivity index (χ2v) is 7.21. The van der Waals surface area contributed by atoms with Crippen LogP contribution in [0.3, 0.4) is 0 Å². The van der Waals surface area contributed by atoms with Gasteiger partial charge in [0.1, 0.15) is 0 Å². The summed E-state index contributed by atoms with van der Waals surface area (Å²) in [5.41, 5.74) is 1.23. The maximum absolute atomic E-state index is 6.04. The number of aliphatic imine (C=N–C) groups is 1. The molecule has 2 saturated heterocycles. The lowest BCUT2D eigenvalue weighted by Crippen LogP contribution is -2.47. The number of fused-ring (bicyclic) bond motifs is 1. The number of rotatable bonds is 6. The van der Waals surface area contributed by atoms with Crippen molar-refractivity contribution in [1.82, 2.24) is 15.5 Å². The lowest BCUT2D eigenvalue weighted by atomic mass is 10.1. The van der Waals surface area contributed by atoms with Crippen molar-refractivity contribution in [3.8, 4) is 0 Å². The van der Waals surface area contributed by atoms with Crippen molar-refractivity contribution in [2.45, 2.75) is 38.3 Å². The van der Waals surface area contributed by atoms with Crippen molar-refractivity contribution in [3.63, 3.8) is 0 Å². The van der Waals surface area contributed by atoms with E-state index in [1.165, 1.54) is 24.9 Å². The van der Waals surface area contributed by atoms with Crippen LogP contribution in [0.15, 0.2) is 29.3 Å². The molecule has 146 valence electrons. The first-order valence-electron chi connectivity index (χ1n) is 9.37. The van der Waals surface area contributed by atoms with Crippen LogP contribution < -0.4 is 10.6 Å². The Hall–Kier alpha value is -0.570. The zero-order valence-corrected chi connectivity index (χ0v) is 18.5. The topological polar surface area (TPSA) is 48.9 Å². The third-order valence-electron chi connectivity index (χ3n) is 4.85. The fourth-order valence-corrected chi connectivity index (χ4v) is 3.76. The van der Waals surface area contributed by atoms with E-state index < -0.39 is 0 Å². The highest BCUT2D eigenvalue weighted by atomic mass is 127. The molecule has 1 aromatic carbocycles. The smallest absolute Gasteiger partial charge is 0.191 e. The number of nitrogens with zero attached hydrogens (tertiary/aromatic N) is 2. The van der Waals surface area contributed by atoms with Crippen molar-refractivity contribution >= 4 is 41.5 Å². The predicted molar refractivity (Wildman–Crippen MR) is 119 cm³/mol. The van der Waals surface area contributed by atoms with E-state index in [2.05, 4.69) is 28.5 Å². The van der Waals surface area contributed by atoms with Crippen molar-refractivity contribution in [2.24, 2.45) is 4.99 Å². The fourth-order valence-electron chi connectivity index (χ4n) is 3.55. The van der Waals surface area contributed by atoms with Gasteiger partial charge in [-0.3, -0.25) is 9.89 Å². The molecule has 0 saturated carbocycles. The summed E-state index contributed by atoms with van der Waals surface area (Å²) in [5.74, 6) is 0.858. The molecule has 0 bridgehead atoms. The summed E-state index contributed by atoms with van der Waals surface area (Å²) < 4.78 is 5.99. The number of guanidine groups is 1. The number of hydrogen-bond donors (Lipinski definition) is 2. The maximum Gasteiger partial charge on any atom is 0.191 e. The highest BCUT2D eigenvalue weighted by Gasteiger charge is 2.31. The predicted octanol–water partition coefficient (Wildman–Crippen LogP) is 2.92. The molecule has 2 aliphatic heterocycles. The zero-order chi connectivity index (χ0) is 17.5. The van der Waals surface area contributed by atoms with E-state index in [0.29, 0.717) is 12.6 Å². The lowest BCUT2D eigenvalue weighted by molar-refractivity contribution is -0.0432. The first-order chi connectivity index (χ1) is 12.2. The zero-order valence-electron chi connectivity index (χ0n) is 15.4. The first-order valence-corrected chi connectivity index (χ1v) is 9.74. The molecule has 2 atom stereocenters. The van der Waals surface area contributed by atoms with Gasteiger partial charge in [0.25, 0.3) is 0 Å². The molecule has 2 N–H and O–H groups in total. The number of ether oxygens (including phenoxy) is 1. The second kappa shape index (κ2) is 11.3. The summed E-state index contributed by atoms with van der Waals surface area (Å²) in [5, 5.41) is 7.50. The highest BCUT2D eigenvalue weighted by molar-refractivity contribution is 14.0. The van der Waals surface area contributed by atoms with E-state index >= 15 is 0 Å². The molecule has 5 nitrogen and oxygen atoms in total. The largest absolute Gasteiger partial charge is 0.373 e. The monoisotopic (exact) mass is 492 g/mol. The van der Waals surface area contributed by atoms with Crippen molar-refractivity contribution in [3.05, 3.63) is 34.9 Å². The number of halogens is 2. The molecule has 2 aliphatic rings. The quantitative estimate of drug-likeness (QED) is 0.364. The van der Waals surface area contributed by atoms with Crippen LogP contribution >= 0.6 is 35.6 Å². The molecule has 2 heterocycles. The normalized spacial score (nSPS) is 23.2. The number of benzene rings is 1. The SMILES string of the molecule is CCNC(=NCC1CN2CCCC2CO1)NCCc1cccc(Cl)c1.I. The van der Waals surface area contributed by atoms with E-state index in [-0.39, 0.29) is 30.1 Å². The molecule has 0 aromatic heterocycles. The molecule has 2 unspecified atom stereocenters. The maximum atomic E-state index is 6.04. The van der Waals surface area contributed by atoms with Crippen molar-refractivity contribution < 1.29 is 4.74 Å². The number of nitrogens with one attached hydrogen (secondary N) is 2. The molecular weight excluding hydrogens is 463 g/mol. The van der Waals surface area contributed by atoms with Gasteiger partial charge in [0, 0.05) is 30.7 Å². The van der Waals surface area contributed by atoms with Crippen LogP contribution in [-0.4, -0.2) is 62.3 Å². The fraction of sp³-hybridized carbons (Fsp3) is 0.632. The molecule has 2 fully saturated rings. The van der Waals surface area contributed by atoms with Gasteiger partial charge >= 0.3 is 0 Å². The van der Waals surface area contributed by atoms with Crippen LogP contribution in [-0.2, 0) is 11.2 Å². The van der Waals surface area contributed by atoms with E-state index in [1.54, 1.807) is 0 Å².